The summed E-state index contributed by atoms with van der Waals surface area (Å²) in [5.41, 5.74) is 1.41. The number of rotatable bonds is 5. The Labute approximate surface area is 165 Å². The lowest BCUT2D eigenvalue weighted by molar-refractivity contribution is 0.0464. The van der Waals surface area contributed by atoms with E-state index in [0.717, 1.165) is 10.9 Å². The van der Waals surface area contributed by atoms with E-state index in [0.29, 0.717) is 37.9 Å². The first-order chi connectivity index (χ1) is 12.4. The standard InChI is InChI=1S/C18H17Cl2N3O2S/c1-9(2)7-25-18(24)15-10(3)13-16(21-8-22-17(13)26-15)23-12-6-4-5-11(19)14(12)20/h4-6,8-9H,7H2,1-3H3,(H,21,22,23). The van der Waals surface area contributed by atoms with Crippen LogP contribution in [-0.2, 0) is 4.74 Å². The van der Waals surface area contributed by atoms with Crippen LogP contribution in [0.1, 0.15) is 29.1 Å². The van der Waals surface area contributed by atoms with Crippen LogP contribution < -0.4 is 5.32 Å². The summed E-state index contributed by atoms with van der Waals surface area (Å²) in [6.07, 6.45) is 1.45. The van der Waals surface area contributed by atoms with Crippen LogP contribution in [0.3, 0.4) is 0 Å². The number of carbonyl (C=O) groups is 1. The summed E-state index contributed by atoms with van der Waals surface area (Å²) in [6.45, 7) is 6.22. The van der Waals surface area contributed by atoms with Crippen molar-refractivity contribution in [3.8, 4) is 0 Å². The zero-order valence-electron chi connectivity index (χ0n) is 14.5. The Kier molecular flexibility index (Phi) is 5.65. The number of thiophene rings is 1. The average molecular weight is 410 g/mol. The van der Waals surface area contributed by atoms with Crippen LogP contribution in [0.15, 0.2) is 24.5 Å². The van der Waals surface area contributed by atoms with Crippen LogP contribution in [0.25, 0.3) is 10.2 Å². The van der Waals surface area contributed by atoms with Gasteiger partial charge in [0.25, 0.3) is 0 Å². The molecule has 0 fully saturated rings. The maximum atomic E-state index is 12.4. The van der Waals surface area contributed by atoms with Gasteiger partial charge < -0.3 is 10.1 Å². The number of aryl methyl sites for hydroxylation is 1. The van der Waals surface area contributed by atoms with Gasteiger partial charge in [0, 0.05) is 0 Å². The first kappa shape index (κ1) is 18.9. The van der Waals surface area contributed by atoms with E-state index >= 15 is 0 Å². The number of nitrogens with one attached hydrogen (secondary N) is 1. The second-order valence-corrected chi connectivity index (χ2v) is 7.96. The summed E-state index contributed by atoms with van der Waals surface area (Å²) in [6, 6.07) is 5.31. The Morgan fingerprint density at radius 3 is 2.81 bits per heavy atom. The van der Waals surface area contributed by atoms with Crippen LogP contribution in [-0.4, -0.2) is 22.5 Å². The average Bonchev–Trinajstić information content (AvgIpc) is 2.95. The number of aromatic nitrogens is 2. The third-order valence-corrected chi connectivity index (χ3v) is 5.66. The molecule has 3 aromatic rings. The molecule has 0 saturated carbocycles. The van der Waals surface area contributed by atoms with Gasteiger partial charge in [-0.3, -0.25) is 0 Å². The zero-order valence-corrected chi connectivity index (χ0v) is 16.8. The number of benzene rings is 1. The minimum Gasteiger partial charge on any atom is -0.461 e. The van der Waals surface area contributed by atoms with Crippen LogP contribution in [0.4, 0.5) is 11.5 Å². The normalized spacial score (nSPS) is 11.2. The molecule has 2 aromatic heterocycles. The van der Waals surface area contributed by atoms with Crippen LogP contribution in [0.2, 0.25) is 10.0 Å². The van der Waals surface area contributed by atoms with Crippen molar-refractivity contribution in [3.05, 3.63) is 45.0 Å². The van der Waals surface area contributed by atoms with Gasteiger partial charge in [-0.2, -0.15) is 0 Å². The minimum absolute atomic E-state index is 0.274. The first-order valence-electron chi connectivity index (χ1n) is 8.00. The van der Waals surface area contributed by atoms with Gasteiger partial charge >= 0.3 is 5.97 Å². The van der Waals surface area contributed by atoms with Crippen molar-refractivity contribution in [1.29, 1.82) is 0 Å². The summed E-state index contributed by atoms with van der Waals surface area (Å²) in [5.74, 6) is 0.498. The summed E-state index contributed by atoms with van der Waals surface area (Å²) in [5, 5.41) is 4.81. The van der Waals surface area contributed by atoms with Gasteiger partial charge in [-0.15, -0.1) is 11.3 Å². The largest absolute Gasteiger partial charge is 0.461 e. The molecular formula is C18H17Cl2N3O2S. The molecule has 0 spiro atoms. The fourth-order valence-electron chi connectivity index (χ4n) is 2.40. The third kappa shape index (κ3) is 3.77. The van der Waals surface area contributed by atoms with Crippen molar-refractivity contribution in [1.82, 2.24) is 9.97 Å². The molecule has 0 unspecified atom stereocenters. The molecule has 3 rings (SSSR count). The topological polar surface area (TPSA) is 64.1 Å². The number of hydrogen-bond acceptors (Lipinski definition) is 6. The molecule has 2 heterocycles. The molecule has 26 heavy (non-hydrogen) atoms. The van der Waals surface area contributed by atoms with Gasteiger partial charge in [0.15, 0.2) is 0 Å². The fraction of sp³-hybridized carbons (Fsp3) is 0.278. The van der Waals surface area contributed by atoms with E-state index in [-0.39, 0.29) is 11.9 Å². The summed E-state index contributed by atoms with van der Waals surface area (Å²) in [4.78, 5) is 22.2. The number of hydrogen-bond donors (Lipinski definition) is 1. The quantitative estimate of drug-likeness (QED) is 0.534. The highest BCUT2D eigenvalue weighted by Crippen LogP contribution is 2.37. The van der Waals surface area contributed by atoms with E-state index < -0.39 is 0 Å². The lowest BCUT2D eigenvalue weighted by Crippen LogP contribution is -2.09. The number of fused-ring (bicyclic) bond motifs is 1. The van der Waals surface area contributed by atoms with Crippen molar-refractivity contribution in [2.45, 2.75) is 20.8 Å². The lowest BCUT2D eigenvalue weighted by atomic mass is 10.2. The minimum atomic E-state index is -0.342. The molecule has 0 aliphatic heterocycles. The molecule has 0 saturated heterocycles. The highest BCUT2D eigenvalue weighted by Gasteiger charge is 2.21. The summed E-state index contributed by atoms with van der Waals surface area (Å²) in [7, 11) is 0. The van der Waals surface area contributed by atoms with Crippen molar-refractivity contribution < 1.29 is 9.53 Å². The molecule has 5 nitrogen and oxygen atoms in total. The van der Waals surface area contributed by atoms with E-state index in [9.17, 15) is 4.79 Å². The summed E-state index contributed by atoms with van der Waals surface area (Å²) < 4.78 is 5.36. The van der Waals surface area contributed by atoms with Crippen LogP contribution in [0, 0.1) is 12.8 Å². The van der Waals surface area contributed by atoms with Crippen molar-refractivity contribution in [2.24, 2.45) is 5.92 Å². The van der Waals surface area contributed by atoms with Gasteiger partial charge in [-0.05, 0) is 30.5 Å². The second-order valence-electron chi connectivity index (χ2n) is 6.18. The summed E-state index contributed by atoms with van der Waals surface area (Å²) >= 11 is 13.6. The van der Waals surface area contributed by atoms with Gasteiger partial charge in [0.05, 0.1) is 27.7 Å². The highest BCUT2D eigenvalue weighted by atomic mass is 35.5. The van der Waals surface area contributed by atoms with E-state index in [4.69, 9.17) is 27.9 Å². The van der Waals surface area contributed by atoms with Crippen molar-refractivity contribution >= 4 is 62.2 Å². The molecule has 8 heteroatoms. The molecule has 0 bridgehead atoms. The first-order valence-corrected chi connectivity index (χ1v) is 9.58. The van der Waals surface area contributed by atoms with Gasteiger partial charge in [-0.1, -0.05) is 43.1 Å². The Morgan fingerprint density at radius 1 is 1.31 bits per heavy atom. The van der Waals surface area contributed by atoms with Gasteiger partial charge in [-0.25, -0.2) is 14.8 Å². The predicted molar refractivity (Wildman–Crippen MR) is 107 cm³/mol. The Morgan fingerprint density at radius 2 is 2.08 bits per heavy atom. The van der Waals surface area contributed by atoms with E-state index in [1.54, 1.807) is 12.1 Å². The fourth-order valence-corrected chi connectivity index (χ4v) is 3.79. The van der Waals surface area contributed by atoms with E-state index in [2.05, 4.69) is 15.3 Å². The van der Waals surface area contributed by atoms with Crippen molar-refractivity contribution in [2.75, 3.05) is 11.9 Å². The highest BCUT2D eigenvalue weighted by molar-refractivity contribution is 7.20. The zero-order chi connectivity index (χ0) is 18.8. The number of ether oxygens (including phenoxy) is 1. The molecule has 0 radical (unpaired) electrons. The smallest absolute Gasteiger partial charge is 0.348 e. The SMILES string of the molecule is Cc1c(C(=O)OCC(C)C)sc2ncnc(Nc3cccc(Cl)c3Cl)c12. The molecule has 0 amide bonds. The monoisotopic (exact) mass is 409 g/mol. The molecule has 0 aliphatic carbocycles. The van der Waals surface area contributed by atoms with Crippen molar-refractivity contribution in [3.63, 3.8) is 0 Å². The molecule has 0 aliphatic rings. The molecule has 1 N–H and O–H groups in total. The van der Waals surface area contributed by atoms with Gasteiger partial charge in [0.1, 0.15) is 21.9 Å². The maximum absolute atomic E-state index is 12.4. The molecule has 136 valence electrons. The Bertz CT molecular complexity index is 972. The van der Waals surface area contributed by atoms with E-state index in [1.165, 1.54) is 17.7 Å². The maximum Gasteiger partial charge on any atom is 0.348 e. The molecule has 1 aromatic carbocycles. The number of esters is 1. The molecule has 0 atom stereocenters. The third-order valence-electron chi connectivity index (χ3n) is 3.66. The van der Waals surface area contributed by atoms with Crippen LogP contribution >= 0.6 is 34.5 Å². The number of nitrogens with zero attached hydrogens (tertiary/aromatic N) is 2. The number of halogens is 2. The van der Waals surface area contributed by atoms with Gasteiger partial charge in [0.2, 0.25) is 0 Å². The van der Waals surface area contributed by atoms with Crippen LogP contribution in [0.5, 0.6) is 0 Å². The Hall–Kier alpha value is -1.89. The van der Waals surface area contributed by atoms with E-state index in [1.807, 2.05) is 26.8 Å². The second kappa shape index (κ2) is 7.78. The lowest BCUT2D eigenvalue weighted by Gasteiger charge is -2.10. The predicted octanol–water partition coefficient (Wildman–Crippen LogP) is 5.86. The number of anilines is 2. The Balaban J connectivity index is 2.00. The molecular weight excluding hydrogens is 393 g/mol. The number of carbonyl (C=O) groups excluding carboxylic acids is 1.